The van der Waals surface area contributed by atoms with Crippen LogP contribution in [0.25, 0.3) is 0 Å². The van der Waals surface area contributed by atoms with Gasteiger partial charge >= 0.3 is 0 Å². The molecule has 1 aliphatic carbocycles. The van der Waals surface area contributed by atoms with Crippen LogP contribution in [0.2, 0.25) is 5.02 Å². The molecule has 0 spiro atoms. The minimum Gasteiger partial charge on any atom is -0.359 e. The molecular weight excluding hydrogens is 487 g/mol. The highest BCUT2D eigenvalue weighted by Crippen LogP contribution is 2.67. The van der Waals surface area contributed by atoms with Crippen molar-refractivity contribution in [1.29, 1.82) is 0 Å². The molecule has 0 radical (unpaired) electrons. The number of hydrogen-bond acceptors (Lipinski definition) is 2. The number of halogens is 3. The van der Waals surface area contributed by atoms with E-state index in [1.165, 1.54) is 0 Å². The second-order valence-corrected chi connectivity index (χ2v) is 10.8. The summed E-state index contributed by atoms with van der Waals surface area (Å²) in [5.74, 6) is -0.463. The van der Waals surface area contributed by atoms with Crippen molar-refractivity contribution in [1.82, 2.24) is 0 Å². The fourth-order valence-electron chi connectivity index (χ4n) is 4.39. The summed E-state index contributed by atoms with van der Waals surface area (Å²) >= 11 is 19.6. The van der Waals surface area contributed by atoms with Gasteiger partial charge in [-0.15, -0.1) is 23.2 Å². The minimum atomic E-state index is -0.976. The third-order valence-electron chi connectivity index (χ3n) is 6.20. The fraction of sp³-hybridized carbons (Fsp3) is 0.250. The summed E-state index contributed by atoms with van der Waals surface area (Å²) in [7, 11) is 0. The van der Waals surface area contributed by atoms with Crippen LogP contribution < -0.4 is 10.6 Å². The quantitative estimate of drug-likeness (QED) is 0.312. The van der Waals surface area contributed by atoms with Crippen molar-refractivity contribution in [3.8, 4) is 0 Å². The summed E-state index contributed by atoms with van der Waals surface area (Å²) in [6, 6.07) is 19.3. The molecule has 1 saturated carbocycles. The van der Waals surface area contributed by atoms with Crippen molar-refractivity contribution in [3.63, 3.8) is 0 Å². The van der Waals surface area contributed by atoms with E-state index in [4.69, 9.17) is 34.8 Å². The average molecular weight is 514 g/mol. The molecule has 34 heavy (non-hydrogen) atoms. The Balaban J connectivity index is 1.53. The number of rotatable bonds is 7. The number of aryl methyl sites for hydroxylation is 3. The van der Waals surface area contributed by atoms with Gasteiger partial charge in [0.1, 0.15) is 4.33 Å². The Labute approximate surface area is 216 Å². The van der Waals surface area contributed by atoms with E-state index in [0.717, 1.165) is 40.0 Å². The largest absolute Gasteiger partial charge is 0.359 e. The van der Waals surface area contributed by atoms with E-state index in [2.05, 4.69) is 17.2 Å². The molecule has 1 aliphatic rings. The first-order valence-corrected chi connectivity index (χ1v) is 12.3. The van der Waals surface area contributed by atoms with Crippen LogP contribution in [0.3, 0.4) is 0 Å². The number of nitrogens with one attached hydrogen (secondary N) is 2. The zero-order valence-corrected chi connectivity index (χ0v) is 21.7. The average Bonchev–Trinajstić information content (AvgIpc) is 3.36. The summed E-state index contributed by atoms with van der Waals surface area (Å²) in [6.45, 7) is 10.2. The Morgan fingerprint density at radius 1 is 0.941 bits per heavy atom. The van der Waals surface area contributed by atoms with Crippen molar-refractivity contribution >= 4 is 52.1 Å². The lowest BCUT2D eigenvalue weighted by Crippen LogP contribution is -2.15. The molecule has 2 N–H and O–H groups in total. The molecule has 2 atom stereocenters. The summed E-state index contributed by atoms with van der Waals surface area (Å²) < 4.78 is -0.976. The van der Waals surface area contributed by atoms with Crippen molar-refractivity contribution < 1.29 is 4.79 Å². The predicted octanol–water partition coefficient (Wildman–Crippen LogP) is 8.28. The minimum absolute atomic E-state index is 0.118. The third-order valence-corrected chi connectivity index (χ3v) is 7.36. The highest BCUT2D eigenvalue weighted by atomic mass is 35.5. The number of alkyl halides is 2. The smallest absolute Gasteiger partial charge is 0.256 e. The maximum absolute atomic E-state index is 13.1. The lowest BCUT2D eigenvalue weighted by Gasteiger charge is -2.14. The molecule has 0 aliphatic heterocycles. The van der Waals surface area contributed by atoms with Gasteiger partial charge in [0.15, 0.2) is 0 Å². The van der Waals surface area contributed by atoms with E-state index >= 15 is 0 Å². The molecule has 0 bridgehead atoms. The molecule has 1 fully saturated rings. The van der Waals surface area contributed by atoms with Gasteiger partial charge < -0.3 is 10.6 Å². The number of benzene rings is 3. The first-order chi connectivity index (χ1) is 16.1. The Morgan fingerprint density at radius 2 is 1.62 bits per heavy atom. The Bertz CT molecular complexity index is 1230. The second-order valence-electron chi connectivity index (χ2n) is 8.89. The van der Waals surface area contributed by atoms with Crippen LogP contribution in [0.1, 0.15) is 45.5 Å². The number of allylic oxidation sites excluding steroid dienone is 1. The molecule has 176 valence electrons. The molecule has 2 unspecified atom stereocenters. The summed E-state index contributed by atoms with van der Waals surface area (Å²) in [5.41, 5.74) is 6.96. The molecule has 4 rings (SSSR count). The van der Waals surface area contributed by atoms with E-state index in [1.54, 1.807) is 0 Å². The summed E-state index contributed by atoms with van der Waals surface area (Å²) in [4.78, 5) is 13.1. The number of carbonyl (C=O) groups excluding carboxylic acids is 1. The normalized spacial score (nSPS) is 18.3. The van der Waals surface area contributed by atoms with Crippen LogP contribution in [-0.4, -0.2) is 10.2 Å². The summed E-state index contributed by atoms with van der Waals surface area (Å²) in [6.07, 6.45) is 0.739. The number of carbonyl (C=O) groups is 1. The highest BCUT2D eigenvalue weighted by molar-refractivity contribution is 6.52. The lowest BCUT2D eigenvalue weighted by molar-refractivity contribution is 0.102. The second kappa shape index (κ2) is 9.65. The van der Waals surface area contributed by atoms with Gasteiger partial charge in [-0.05, 0) is 73.4 Å². The monoisotopic (exact) mass is 512 g/mol. The Morgan fingerprint density at radius 3 is 2.26 bits per heavy atom. The SMILES string of the molecule is C=C(Nc1ccc(CC)c(C(=O)Nc2ccc(C)cc2)c1)C1C(c2cc(C)cc(Cl)c2)C1(Cl)Cl. The molecule has 0 heterocycles. The molecule has 3 nitrogen and oxygen atoms in total. The standard InChI is InChI=1S/C28H27Cl3N2O/c1-5-19-8-11-23(15-24(19)27(34)33-22-9-6-16(2)7-10-22)32-18(4)25-26(28(25,30)31)20-12-17(3)13-21(29)14-20/h6-15,25-26,32H,4-5H2,1-3H3,(H,33,34). The van der Waals surface area contributed by atoms with Gasteiger partial charge in [-0.3, -0.25) is 4.79 Å². The topological polar surface area (TPSA) is 41.1 Å². The Hall–Kier alpha value is -2.46. The van der Waals surface area contributed by atoms with Gasteiger partial charge in [0.2, 0.25) is 0 Å². The maximum Gasteiger partial charge on any atom is 0.256 e. The number of anilines is 2. The first-order valence-electron chi connectivity index (χ1n) is 11.2. The van der Waals surface area contributed by atoms with Crippen LogP contribution in [-0.2, 0) is 6.42 Å². The van der Waals surface area contributed by atoms with E-state index in [0.29, 0.717) is 16.3 Å². The molecule has 1 amide bonds. The van der Waals surface area contributed by atoms with Gasteiger partial charge in [0.05, 0.1) is 0 Å². The zero-order valence-electron chi connectivity index (χ0n) is 19.4. The van der Waals surface area contributed by atoms with E-state index in [9.17, 15) is 4.79 Å². The van der Waals surface area contributed by atoms with Crippen molar-refractivity contribution in [3.05, 3.63) is 106 Å². The van der Waals surface area contributed by atoms with Crippen LogP contribution in [0.4, 0.5) is 11.4 Å². The fourth-order valence-corrected chi connectivity index (χ4v) is 5.58. The van der Waals surface area contributed by atoms with Crippen LogP contribution in [0.15, 0.2) is 72.9 Å². The maximum atomic E-state index is 13.1. The predicted molar refractivity (Wildman–Crippen MR) is 145 cm³/mol. The van der Waals surface area contributed by atoms with Gasteiger partial charge in [-0.25, -0.2) is 0 Å². The zero-order chi connectivity index (χ0) is 24.6. The van der Waals surface area contributed by atoms with Gasteiger partial charge in [0.25, 0.3) is 5.91 Å². The van der Waals surface area contributed by atoms with E-state index in [1.807, 2.05) is 81.4 Å². The molecule has 6 heteroatoms. The van der Waals surface area contributed by atoms with Gasteiger partial charge in [0, 0.05) is 39.5 Å². The van der Waals surface area contributed by atoms with Crippen LogP contribution in [0.5, 0.6) is 0 Å². The van der Waals surface area contributed by atoms with Gasteiger partial charge in [-0.2, -0.15) is 0 Å². The number of hydrogen-bond donors (Lipinski definition) is 2. The molecule has 0 aromatic heterocycles. The number of amides is 1. The molecule has 0 saturated heterocycles. The van der Waals surface area contributed by atoms with Crippen molar-refractivity contribution in [2.75, 3.05) is 10.6 Å². The van der Waals surface area contributed by atoms with Crippen molar-refractivity contribution in [2.45, 2.75) is 37.4 Å². The third kappa shape index (κ3) is 5.12. The molecule has 3 aromatic rings. The lowest BCUT2D eigenvalue weighted by atomic mass is 10.0. The molecular formula is C28H27Cl3N2O. The highest BCUT2D eigenvalue weighted by Gasteiger charge is 2.65. The van der Waals surface area contributed by atoms with E-state index in [-0.39, 0.29) is 17.7 Å². The first kappa shape index (κ1) is 24.7. The summed E-state index contributed by atoms with van der Waals surface area (Å²) in [5, 5.41) is 6.97. The van der Waals surface area contributed by atoms with Crippen LogP contribution >= 0.6 is 34.8 Å². The van der Waals surface area contributed by atoms with Gasteiger partial charge in [-0.1, -0.05) is 54.9 Å². The Kier molecular flexibility index (Phi) is 7.00. The van der Waals surface area contributed by atoms with E-state index < -0.39 is 4.33 Å². The van der Waals surface area contributed by atoms with Crippen LogP contribution in [0, 0.1) is 19.8 Å². The molecule has 3 aromatic carbocycles. The van der Waals surface area contributed by atoms with Crippen molar-refractivity contribution in [2.24, 2.45) is 5.92 Å².